The average Bonchev–Trinajstić information content (AvgIpc) is 3.11. The third-order valence-electron chi connectivity index (χ3n) is 4.81. The minimum absolute atomic E-state index is 0.0377. The van der Waals surface area contributed by atoms with Crippen LogP contribution in [0.15, 0.2) is 22.8 Å². The molecule has 1 spiro atoms. The van der Waals surface area contributed by atoms with Crippen LogP contribution >= 0.6 is 0 Å². The second kappa shape index (κ2) is 6.73. The smallest absolute Gasteiger partial charge is 0.315 e. The van der Waals surface area contributed by atoms with Gasteiger partial charge in [0.2, 0.25) is 0 Å². The number of ether oxygens (including phenoxy) is 1. The number of urea groups is 1. The Balaban J connectivity index is 1.45. The van der Waals surface area contributed by atoms with Gasteiger partial charge in [0.15, 0.2) is 0 Å². The Labute approximate surface area is 131 Å². The molecule has 2 amide bonds. The van der Waals surface area contributed by atoms with E-state index in [9.17, 15) is 4.79 Å². The van der Waals surface area contributed by atoms with Crippen LogP contribution in [0, 0.1) is 0 Å². The van der Waals surface area contributed by atoms with Gasteiger partial charge in [-0.25, -0.2) is 4.79 Å². The van der Waals surface area contributed by atoms with E-state index in [4.69, 9.17) is 9.15 Å². The Hall–Kier alpha value is -1.49. The minimum Gasteiger partial charge on any atom is -0.469 e. The van der Waals surface area contributed by atoms with Crippen molar-refractivity contribution >= 4 is 6.03 Å². The number of rotatable bonds is 4. The summed E-state index contributed by atoms with van der Waals surface area (Å²) in [5.41, 5.74) is 0.0377. The van der Waals surface area contributed by atoms with Crippen LogP contribution in [-0.2, 0) is 11.2 Å². The molecule has 0 unspecified atom stereocenters. The van der Waals surface area contributed by atoms with Gasteiger partial charge in [0, 0.05) is 25.1 Å². The molecule has 1 aromatic rings. The summed E-state index contributed by atoms with van der Waals surface area (Å²) in [6.45, 7) is 2.75. The largest absolute Gasteiger partial charge is 0.469 e. The Morgan fingerprint density at radius 2 is 2.27 bits per heavy atom. The second-order valence-corrected chi connectivity index (χ2v) is 6.73. The summed E-state index contributed by atoms with van der Waals surface area (Å²) < 4.78 is 11.3. The van der Waals surface area contributed by atoms with E-state index in [-0.39, 0.29) is 23.7 Å². The van der Waals surface area contributed by atoms with Gasteiger partial charge < -0.3 is 19.8 Å². The molecule has 1 aromatic heterocycles. The van der Waals surface area contributed by atoms with Crippen LogP contribution in [0.4, 0.5) is 4.79 Å². The third-order valence-corrected chi connectivity index (χ3v) is 4.81. The predicted molar refractivity (Wildman–Crippen MR) is 83.7 cm³/mol. The zero-order chi connectivity index (χ0) is 15.4. The molecule has 1 aliphatic heterocycles. The molecule has 1 saturated heterocycles. The van der Waals surface area contributed by atoms with Crippen molar-refractivity contribution in [2.45, 2.75) is 69.6 Å². The fourth-order valence-corrected chi connectivity index (χ4v) is 3.75. The van der Waals surface area contributed by atoms with Crippen molar-refractivity contribution in [2.24, 2.45) is 0 Å². The molecule has 2 atom stereocenters. The molecule has 0 bridgehead atoms. The molecule has 5 nitrogen and oxygen atoms in total. The van der Waals surface area contributed by atoms with Crippen molar-refractivity contribution in [3.8, 4) is 0 Å². The fraction of sp³-hybridized carbons (Fsp3) is 0.706. The van der Waals surface area contributed by atoms with Gasteiger partial charge in [-0.1, -0.05) is 12.8 Å². The molecule has 2 fully saturated rings. The third kappa shape index (κ3) is 3.83. The van der Waals surface area contributed by atoms with Crippen molar-refractivity contribution in [2.75, 3.05) is 6.61 Å². The van der Waals surface area contributed by atoms with Crippen LogP contribution in [0.5, 0.6) is 0 Å². The lowest BCUT2D eigenvalue weighted by Crippen LogP contribution is -2.51. The number of nitrogens with one attached hydrogen (secondary N) is 2. The first-order valence-corrected chi connectivity index (χ1v) is 8.39. The van der Waals surface area contributed by atoms with Gasteiger partial charge >= 0.3 is 6.03 Å². The van der Waals surface area contributed by atoms with Crippen molar-refractivity contribution in [1.82, 2.24) is 10.6 Å². The van der Waals surface area contributed by atoms with E-state index in [0.717, 1.165) is 38.1 Å². The van der Waals surface area contributed by atoms with Crippen LogP contribution in [0.2, 0.25) is 0 Å². The highest BCUT2D eigenvalue weighted by molar-refractivity contribution is 5.74. The van der Waals surface area contributed by atoms with Crippen molar-refractivity contribution < 1.29 is 13.9 Å². The second-order valence-electron chi connectivity index (χ2n) is 6.73. The summed E-state index contributed by atoms with van der Waals surface area (Å²) in [5, 5.41) is 6.11. The van der Waals surface area contributed by atoms with Crippen LogP contribution < -0.4 is 10.6 Å². The van der Waals surface area contributed by atoms with E-state index in [2.05, 4.69) is 10.6 Å². The summed E-state index contributed by atoms with van der Waals surface area (Å²) in [5.74, 6) is 0.892. The SMILES string of the molecule is C[C@@H](Cc1ccco1)NC(=O)N[C@@H]1CCOC2(CCCC2)C1. The monoisotopic (exact) mass is 306 g/mol. The molecule has 0 radical (unpaired) electrons. The first-order chi connectivity index (χ1) is 10.7. The van der Waals surface area contributed by atoms with Gasteiger partial charge in [0.1, 0.15) is 5.76 Å². The molecule has 2 heterocycles. The minimum atomic E-state index is -0.0842. The van der Waals surface area contributed by atoms with Crippen molar-refractivity contribution in [1.29, 1.82) is 0 Å². The maximum Gasteiger partial charge on any atom is 0.315 e. The van der Waals surface area contributed by atoms with Crippen LogP contribution in [0.25, 0.3) is 0 Å². The summed E-state index contributed by atoms with van der Waals surface area (Å²) >= 11 is 0. The quantitative estimate of drug-likeness (QED) is 0.899. The molecule has 122 valence electrons. The summed E-state index contributed by atoms with van der Waals surface area (Å²) in [4.78, 5) is 12.2. The highest BCUT2D eigenvalue weighted by Gasteiger charge is 2.40. The number of furan rings is 1. The normalized spacial score (nSPS) is 25.0. The first-order valence-electron chi connectivity index (χ1n) is 8.39. The molecule has 1 saturated carbocycles. The Kier molecular flexibility index (Phi) is 4.71. The van der Waals surface area contributed by atoms with Crippen LogP contribution in [-0.4, -0.2) is 30.3 Å². The number of hydrogen-bond acceptors (Lipinski definition) is 3. The molecule has 2 aliphatic rings. The van der Waals surface area contributed by atoms with Crippen LogP contribution in [0.1, 0.15) is 51.2 Å². The molecule has 3 rings (SSSR count). The van der Waals surface area contributed by atoms with E-state index >= 15 is 0 Å². The van der Waals surface area contributed by atoms with E-state index in [1.165, 1.54) is 12.8 Å². The van der Waals surface area contributed by atoms with Gasteiger partial charge in [-0.3, -0.25) is 0 Å². The number of hydrogen-bond donors (Lipinski definition) is 2. The number of amides is 2. The Morgan fingerprint density at radius 3 is 3.00 bits per heavy atom. The zero-order valence-electron chi connectivity index (χ0n) is 13.3. The summed E-state index contributed by atoms with van der Waals surface area (Å²) in [7, 11) is 0. The maximum atomic E-state index is 12.2. The van der Waals surface area contributed by atoms with Crippen molar-refractivity contribution in [3.05, 3.63) is 24.2 Å². The molecule has 5 heteroatoms. The highest BCUT2D eigenvalue weighted by atomic mass is 16.5. The van der Waals surface area contributed by atoms with Crippen molar-refractivity contribution in [3.63, 3.8) is 0 Å². The Morgan fingerprint density at radius 1 is 1.45 bits per heavy atom. The van der Waals surface area contributed by atoms with Crippen LogP contribution in [0.3, 0.4) is 0 Å². The first kappa shape index (κ1) is 15.4. The number of carbonyl (C=O) groups excluding carboxylic acids is 1. The lowest BCUT2D eigenvalue weighted by Gasteiger charge is -2.38. The van der Waals surface area contributed by atoms with E-state index in [0.29, 0.717) is 6.42 Å². The predicted octanol–water partition coefficient (Wildman–Crippen LogP) is 3.00. The number of carbonyl (C=O) groups is 1. The van der Waals surface area contributed by atoms with Gasteiger partial charge in [0.05, 0.1) is 11.9 Å². The highest BCUT2D eigenvalue weighted by Crippen LogP contribution is 2.39. The molecule has 0 aromatic carbocycles. The van der Waals surface area contributed by atoms with Gasteiger partial charge in [-0.05, 0) is 44.7 Å². The summed E-state index contributed by atoms with van der Waals surface area (Å²) in [6, 6.07) is 3.98. The lowest BCUT2D eigenvalue weighted by atomic mass is 9.89. The van der Waals surface area contributed by atoms with Gasteiger partial charge in [-0.15, -0.1) is 0 Å². The topological polar surface area (TPSA) is 63.5 Å². The fourth-order valence-electron chi connectivity index (χ4n) is 3.75. The van der Waals surface area contributed by atoms with Gasteiger partial charge in [0.25, 0.3) is 0 Å². The average molecular weight is 306 g/mol. The maximum absolute atomic E-state index is 12.2. The Bertz CT molecular complexity index is 480. The molecule has 22 heavy (non-hydrogen) atoms. The van der Waals surface area contributed by atoms with E-state index in [1.807, 2.05) is 19.1 Å². The van der Waals surface area contributed by atoms with E-state index in [1.54, 1.807) is 6.26 Å². The molecular formula is C17H26N2O3. The standard InChI is InChI=1S/C17H26N2O3/c1-13(11-15-5-4-9-21-15)18-16(20)19-14-6-10-22-17(12-14)7-2-3-8-17/h4-5,9,13-14H,2-3,6-8,10-12H2,1H3,(H2,18,19,20)/t13-,14+/m0/s1. The summed E-state index contributed by atoms with van der Waals surface area (Å²) in [6.07, 6.45) is 9.00. The zero-order valence-corrected chi connectivity index (χ0v) is 13.3. The lowest BCUT2D eigenvalue weighted by molar-refractivity contribution is -0.0820. The molecular weight excluding hydrogens is 280 g/mol. The molecule has 1 aliphatic carbocycles. The van der Waals surface area contributed by atoms with E-state index < -0.39 is 0 Å². The van der Waals surface area contributed by atoms with Gasteiger partial charge in [-0.2, -0.15) is 0 Å². The molecule has 2 N–H and O–H groups in total.